The number of nitrogen functional groups attached to an aromatic ring is 1. The Bertz CT molecular complexity index is 676. The molecule has 1 heterocycles. The van der Waals surface area contributed by atoms with Crippen molar-refractivity contribution in [3.05, 3.63) is 40.7 Å². The van der Waals surface area contributed by atoms with Crippen LogP contribution in [-0.4, -0.2) is 22.5 Å². The summed E-state index contributed by atoms with van der Waals surface area (Å²) in [5.74, 6) is -0.114. The van der Waals surface area contributed by atoms with Crippen LogP contribution in [0.3, 0.4) is 0 Å². The highest BCUT2D eigenvalue weighted by Gasteiger charge is 2.13. The Balaban J connectivity index is 2.24. The zero-order chi connectivity index (χ0) is 15.4. The Morgan fingerprint density at radius 3 is 2.90 bits per heavy atom. The van der Waals surface area contributed by atoms with Crippen molar-refractivity contribution in [1.29, 1.82) is 0 Å². The number of anilines is 3. The lowest BCUT2D eigenvalue weighted by Gasteiger charge is -2.10. The Morgan fingerprint density at radius 2 is 2.24 bits per heavy atom. The number of esters is 1. The van der Waals surface area contributed by atoms with E-state index in [1.807, 2.05) is 0 Å². The summed E-state index contributed by atoms with van der Waals surface area (Å²) in [6.07, 6.45) is 1.42. The quantitative estimate of drug-likeness (QED) is 0.666. The van der Waals surface area contributed by atoms with Gasteiger partial charge in [0.2, 0.25) is 5.95 Å². The predicted octanol–water partition coefficient (Wildman–Crippen LogP) is 2.94. The molecule has 0 fully saturated rings. The molecule has 0 saturated carbocycles. The second-order valence-corrected chi connectivity index (χ2v) is 4.68. The molecule has 0 unspecified atom stereocenters. The molecule has 0 atom stereocenters. The maximum atomic E-state index is 11.7. The van der Waals surface area contributed by atoms with Crippen molar-refractivity contribution in [2.45, 2.75) is 13.8 Å². The molecule has 21 heavy (non-hydrogen) atoms. The van der Waals surface area contributed by atoms with E-state index in [4.69, 9.17) is 22.1 Å². The molecular formula is C14H15ClN4O2. The van der Waals surface area contributed by atoms with E-state index in [0.29, 0.717) is 40.2 Å². The van der Waals surface area contributed by atoms with Crippen molar-refractivity contribution in [3.63, 3.8) is 0 Å². The first kappa shape index (κ1) is 15.1. The monoisotopic (exact) mass is 306 g/mol. The van der Waals surface area contributed by atoms with E-state index in [2.05, 4.69) is 15.3 Å². The number of nitrogens with one attached hydrogen (secondary N) is 1. The second-order valence-electron chi connectivity index (χ2n) is 4.28. The number of halogens is 1. The predicted molar refractivity (Wildman–Crippen MR) is 81.9 cm³/mol. The maximum absolute atomic E-state index is 11.7. The van der Waals surface area contributed by atoms with Crippen LogP contribution in [0.25, 0.3) is 0 Å². The van der Waals surface area contributed by atoms with Gasteiger partial charge in [0.25, 0.3) is 0 Å². The number of nitrogens with zero attached hydrogens (tertiary/aromatic N) is 2. The number of hydrogen-bond donors (Lipinski definition) is 2. The Kier molecular flexibility index (Phi) is 4.59. The van der Waals surface area contributed by atoms with Gasteiger partial charge in [-0.15, -0.1) is 0 Å². The molecule has 6 nitrogen and oxygen atoms in total. The molecule has 0 amide bonds. The largest absolute Gasteiger partial charge is 0.462 e. The molecule has 0 aliphatic rings. The van der Waals surface area contributed by atoms with Crippen molar-refractivity contribution in [2.24, 2.45) is 0 Å². The summed E-state index contributed by atoms with van der Waals surface area (Å²) in [4.78, 5) is 20.0. The zero-order valence-electron chi connectivity index (χ0n) is 11.7. The average molecular weight is 307 g/mol. The summed E-state index contributed by atoms with van der Waals surface area (Å²) in [6.45, 7) is 3.75. The van der Waals surface area contributed by atoms with Gasteiger partial charge in [-0.1, -0.05) is 11.6 Å². The van der Waals surface area contributed by atoms with E-state index < -0.39 is 5.97 Å². The third-order valence-electron chi connectivity index (χ3n) is 2.71. The molecule has 0 bridgehead atoms. The van der Waals surface area contributed by atoms with E-state index >= 15 is 0 Å². The highest BCUT2D eigenvalue weighted by atomic mass is 35.5. The van der Waals surface area contributed by atoms with Crippen molar-refractivity contribution in [1.82, 2.24) is 9.97 Å². The topological polar surface area (TPSA) is 90.1 Å². The second kappa shape index (κ2) is 6.41. The van der Waals surface area contributed by atoms with Crippen LogP contribution in [0.2, 0.25) is 5.02 Å². The van der Waals surface area contributed by atoms with Crippen molar-refractivity contribution in [3.8, 4) is 0 Å². The number of carbonyl (C=O) groups excluding carboxylic acids is 1. The molecule has 3 N–H and O–H groups in total. The van der Waals surface area contributed by atoms with Gasteiger partial charge in [0.1, 0.15) is 0 Å². The molecule has 0 radical (unpaired) electrons. The van der Waals surface area contributed by atoms with Crippen molar-refractivity contribution >= 4 is 34.9 Å². The van der Waals surface area contributed by atoms with Crippen LogP contribution >= 0.6 is 11.6 Å². The van der Waals surface area contributed by atoms with Crippen LogP contribution in [0.4, 0.5) is 17.3 Å². The first-order valence-electron chi connectivity index (χ1n) is 6.34. The normalized spacial score (nSPS) is 10.2. The van der Waals surface area contributed by atoms with E-state index in [-0.39, 0.29) is 0 Å². The van der Waals surface area contributed by atoms with Gasteiger partial charge < -0.3 is 15.8 Å². The Labute approximate surface area is 127 Å². The van der Waals surface area contributed by atoms with Gasteiger partial charge in [-0.05, 0) is 32.0 Å². The van der Waals surface area contributed by atoms with Gasteiger partial charge >= 0.3 is 5.97 Å². The number of nitrogens with two attached hydrogens (primary N) is 1. The van der Waals surface area contributed by atoms with Crippen LogP contribution in [-0.2, 0) is 4.74 Å². The number of aryl methyl sites for hydroxylation is 1. The van der Waals surface area contributed by atoms with Crippen LogP contribution < -0.4 is 11.1 Å². The van der Waals surface area contributed by atoms with E-state index in [9.17, 15) is 4.79 Å². The van der Waals surface area contributed by atoms with Gasteiger partial charge in [0.05, 0.1) is 28.6 Å². The number of rotatable bonds is 4. The van der Waals surface area contributed by atoms with E-state index in [1.165, 1.54) is 6.20 Å². The molecule has 0 spiro atoms. The maximum Gasteiger partial charge on any atom is 0.341 e. The third-order valence-corrected chi connectivity index (χ3v) is 3.04. The number of carbonyl (C=O) groups is 1. The highest BCUT2D eigenvalue weighted by Crippen LogP contribution is 2.26. The first-order valence-corrected chi connectivity index (χ1v) is 6.72. The summed E-state index contributed by atoms with van der Waals surface area (Å²) in [5, 5.41) is 3.47. The number of hydrogen-bond acceptors (Lipinski definition) is 6. The Hall–Kier alpha value is -2.34. The molecule has 1 aromatic heterocycles. The van der Waals surface area contributed by atoms with Crippen LogP contribution in [0.1, 0.15) is 23.0 Å². The van der Waals surface area contributed by atoms with E-state index in [0.717, 1.165) is 0 Å². The van der Waals surface area contributed by atoms with Gasteiger partial charge in [-0.2, -0.15) is 0 Å². The summed E-state index contributed by atoms with van der Waals surface area (Å²) in [7, 11) is 0. The minimum atomic E-state index is -0.441. The lowest BCUT2D eigenvalue weighted by Crippen LogP contribution is -2.10. The fourth-order valence-electron chi connectivity index (χ4n) is 1.70. The summed E-state index contributed by atoms with van der Waals surface area (Å²) < 4.78 is 4.92. The van der Waals surface area contributed by atoms with Crippen LogP contribution in [0, 0.1) is 6.92 Å². The molecule has 2 aromatic rings. The number of aromatic nitrogens is 2. The van der Waals surface area contributed by atoms with Gasteiger partial charge in [0.15, 0.2) is 0 Å². The average Bonchev–Trinajstić information content (AvgIpc) is 2.43. The summed E-state index contributed by atoms with van der Waals surface area (Å²) in [5.41, 5.74) is 7.73. The lowest BCUT2D eigenvalue weighted by atomic mass is 10.2. The molecule has 0 aliphatic heterocycles. The Morgan fingerprint density at radius 1 is 1.48 bits per heavy atom. The molecule has 1 aromatic carbocycles. The fourth-order valence-corrected chi connectivity index (χ4v) is 1.86. The summed E-state index contributed by atoms with van der Waals surface area (Å²) >= 11 is 6.06. The lowest BCUT2D eigenvalue weighted by molar-refractivity contribution is 0.0524. The third kappa shape index (κ3) is 3.61. The van der Waals surface area contributed by atoms with Crippen LogP contribution in [0.15, 0.2) is 24.4 Å². The van der Waals surface area contributed by atoms with E-state index in [1.54, 1.807) is 32.0 Å². The van der Waals surface area contributed by atoms with Crippen molar-refractivity contribution < 1.29 is 9.53 Å². The summed E-state index contributed by atoms with van der Waals surface area (Å²) in [6, 6.07) is 5.06. The molecular weight excluding hydrogens is 292 g/mol. The fraction of sp³-hybridized carbons (Fsp3) is 0.214. The standard InChI is InChI=1S/C14H15ClN4O2/c1-3-21-13(20)10-7-17-14(18-8(10)2)19-12-6-9(16)4-5-11(12)15/h4-7H,3,16H2,1-2H3,(H,17,18,19). The van der Waals surface area contributed by atoms with Gasteiger partial charge in [-0.25, -0.2) is 14.8 Å². The molecule has 7 heteroatoms. The van der Waals surface area contributed by atoms with Gasteiger partial charge in [-0.3, -0.25) is 0 Å². The SMILES string of the molecule is CCOC(=O)c1cnc(Nc2cc(N)ccc2Cl)nc1C. The first-order chi connectivity index (χ1) is 10.0. The highest BCUT2D eigenvalue weighted by molar-refractivity contribution is 6.33. The molecule has 0 aliphatic carbocycles. The number of benzene rings is 1. The zero-order valence-corrected chi connectivity index (χ0v) is 12.4. The smallest absolute Gasteiger partial charge is 0.341 e. The van der Waals surface area contributed by atoms with Crippen LogP contribution in [0.5, 0.6) is 0 Å². The van der Waals surface area contributed by atoms with Gasteiger partial charge in [0, 0.05) is 11.9 Å². The molecule has 0 saturated heterocycles. The number of ether oxygens (including phenoxy) is 1. The molecule has 2 rings (SSSR count). The molecule has 110 valence electrons. The minimum absolute atomic E-state index is 0.303. The minimum Gasteiger partial charge on any atom is -0.462 e. The van der Waals surface area contributed by atoms with Crippen molar-refractivity contribution in [2.75, 3.05) is 17.7 Å².